The highest BCUT2D eigenvalue weighted by molar-refractivity contribution is 9.12. The van der Waals surface area contributed by atoms with E-state index in [1.807, 2.05) is 0 Å². The average Bonchev–Trinajstić information content (AvgIpc) is 2.54. The van der Waals surface area contributed by atoms with Crippen LogP contribution in [0.4, 0.5) is 0 Å². The van der Waals surface area contributed by atoms with Crippen molar-refractivity contribution in [2.75, 3.05) is 0 Å². The number of nitrogens with one attached hydrogen (secondary N) is 1. The number of carbonyl (C=O) groups excluding carboxylic acids is 2. The van der Waals surface area contributed by atoms with E-state index in [2.05, 4.69) is 21.2 Å². The summed E-state index contributed by atoms with van der Waals surface area (Å²) < 4.78 is 0.321. The van der Waals surface area contributed by atoms with E-state index in [0.717, 1.165) is 5.56 Å². The molecule has 4 nitrogen and oxygen atoms in total. The van der Waals surface area contributed by atoms with Gasteiger partial charge in [-0.25, -0.2) is 0 Å². The van der Waals surface area contributed by atoms with E-state index in [0.29, 0.717) is 22.9 Å². The van der Waals surface area contributed by atoms with Crippen molar-refractivity contribution in [3.63, 3.8) is 0 Å². The third-order valence-electron chi connectivity index (χ3n) is 2.57. The summed E-state index contributed by atoms with van der Waals surface area (Å²) in [5.74, 6) is -0.501. The van der Waals surface area contributed by atoms with Crippen LogP contribution in [0, 0.1) is 0 Å². The van der Waals surface area contributed by atoms with Crippen LogP contribution in [0.1, 0.15) is 12.0 Å². The van der Waals surface area contributed by atoms with Gasteiger partial charge < -0.3 is 5.11 Å². The lowest BCUT2D eigenvalue weighted by atomic mass is 10.0. The Morgan fingerprint density at radius 1 is 1.06 bits per heavy atom. The van der Waals surface area contributed by atoms with Crippen LogP contribution in [0.2, 0.25) is 0 Å². The number of phenols is 1. The Labute approximate surface area is 106 Å². The van der Waals surface area contributed by atoms with Crippen LogP contribution in [-0.2, 0) is 16.0 Å². The van der Waals surface area contributed by atoms with Gasteiger partial charge in [-0.15, -0.1) is 0 Å². The Morgan fingerprint density at radius 2 is 1.71 bits per heavy atom. The van der Waals surface area contributed by atoms with Crippen molar-refractivity contribution in [2.24, 2.45) is 0 Å². The van der Waals surface area contributed by atoms with Crippen molar-refractivity contribution in [1.82, 2.24) is 5.32 Å². The maximum atomic E-state index is 11.4. The molecule has 1 aromatic rings. The Balaban J connectivity index is 2.06. The molecule has 2 rings (SSSR count). The fourth-order valence-corrected chi connectivity index (χ4v) is 2.10. The summed E-state index contributed by atoms with van der Waals surface area (Å²) in [6.45, 7) is 0. The zero-order chi connectivity index (χ0) is 12.4. The summed E-state index contributed by atoms with van der Waals surface area (Å²) in [5.41, 5.74) is 1.48. The smallest absolute Gasteiger partial charge is 0.265 e. The number of benzene rings is 1. The van der Waals surface area contributed by atoms with Crippen LogP contribution < -0.4 is 5.32 Å². The molecular weight excluding hydrogens is 286 g/mol. The second-order valence-electron chi connectivity index (χ2n) is 3.74. The van der Waals surface area contributed by atoms with Crippen molar-refractivity contribution in [3.8, 4) is 5.75 Å². The first-order valence-electron chi connectivity index (χ1n) is 5.10. The molecule has 2 N–H and O–H groups in total. The lowest BCUT2D eigenvalue weighted by Gasteiger charge is -2.02. The van der Waals surface area contributed by atoms with Gasteiger partial charge in [0.25, 0.3) is 11.8 Å². The number of amides is 2. The molecule has 88 valence electrons. The van der Waals surface area contributed by atoms with Gasteiger partial charge in [0.1, 0.15) is 5.75 Å². The molecule has 0 radical (unpaired) electrons. The van der Waals surface area contributed by atoms with E-state index in [1.54, 1.807) is 24.3 Å². The molecule has 0 bridgehead atoms. The van der Waals surface area contributed by atoms with Gasteiger partial charge in [0.15, 0.2) is 0 Å². The standard InChI is InChI=1S/C12H10BrNO3/c13-10-9(11(16)14-12(10)17)6-3-7-1-4-8(15)5-2-7/h1-2,4-5,15H,3,6H2,(H,14,16,17). The minimum Gasteiger partial charge on any atom is -0.508 e. The summed E-state index contributed by atoms with van der Waals surface area (Å²) in [7, 11) is 0. The van der Waals surface area contributed by atoms with E-state index < -0.39 is 0 Å². The molecule has 1 aromatic carbocycles. The van der Waals surface area contributed by atoms with Crippen LogP contribution >= 0.6 is 15.9 Å². The number of hydrogen-bond acceptors (Lipinski definition) is 3. The predicted molar refractivity (Wildman–Crippen MR) is 65.5 cm³/mol. The zero-order valence-corrected chi connectivity index (χ0v) is 10.5. The first-order valence-corrected chi connectivity index (χ1v) is 5.89. The van der Waals surface area contributed by atoms with Gasteiger partial charge in [-0.1, -0.05) is 12.1 Å². The van der Waals surface area contributed by atoms with E-state index >= 15 is 0 Å². The normalized spacial score (nSPS) is 15.4. The molecule has 0 aliphatic carbocycles. The molecule has 1 aliphatic heterocycles. The van der Waals surface area contributed by atoms with Gasteiger partial charge in [-0.05, 0) is 46.5 Å². The molecular formula is C12H10BrNO3. The summed E-state index contributed by atoms with van der Waals surface area (Å²) in [5, 5.41) is 11.4. The minimum atomic E-state index is -0.379. The summed E-state index contributed by atoms with van der Waals surface area (Å²) in [6, 6.07) is 6.77. The number of hydrogen-bond donors (Lipinski definition) is 2. The SMILES string of the molecule is O=C1NC(=O)C(CCc2ccc(O)cc2)=C1Br. The van der Waals surface area contributed by atoms with Gasteiger partial charge >= 0.3 is 0 Å². The molecule has 5 heteroatoms. The number of aromatic hydroxyl groups is 1. The molecule has 0 spiro atoms. The highest BCUT2D eigenvalue weighted by atomic mass is 79.9. The molecule has 0 aromatic heterocycles. The quantitative estimate of drug-likeness (QED) is 0.833. The summed E-state index contributed by atoms with van der Waals surface area (Å²) in [6.07, 6.45) is 1.13. The number of phenolic OH excluding ortho intramolecular Hbond substituents is 1. The summed E-state index contributed by atoms with van der Waals surface area (Å²) >= 11 is 3.10. The highest BCUT2D eigenvalue weighted by Gasteiger charge is 2.27. The minimum absolute atomic E-state index is 0.211. The van der Waals surface area contributed by atoms with E-state index in [4.69, 9.17) is 5.11 Å². The molecule has 17 heavy (non-hydrogen) atoms. The van der Waals surface area contributed by atoms with Crippen molar-refractivity contribution >= 4 is 27.7 Å². The number of rotatable bonds is 3. The zero-order valence-electron chi connectivity index (χ0n) is 8.87. The fourth-order valence-electron chi connectivity index (χ4n) is 1.63. The lowest BCUT2D eigenvalue weighted by Crippen LogP contribution is -2.22. The van der Waals surface area contributed by atoms with Crippen molar-refractivity contribution in [1.29, 1.82) is 0 Å². The maximum Gasteiger partial charge on any atom is 0.265 e. The molecule has 0 atom stereocenters. The van der Waals surface area contributed by atoms with Crippen LogP contribution in [-0.4, -0.2) is 16.9 Å². The number of halogens is 1. The number of aryl methyl sites for hydroxylation is 1. The first-order chi connectivity index (χ1) is 8.08. The molecule has 1 heterocycles. The Hall–Kier alpha value is -1.62. The third kappa shape index (κ3) is 2.55. The van der Waals surface area contributed by atoms with Crippen LogP contribution in [0.5, 0.6) is 5.75 Å². The second-order valence-corrected chi connectivity index (χ2v) is 4.54. The highest BCUT2D eigenvalue weighted by Crippen LogP contribution is 2.23. The Bertz CT molecular complexity index is 505. The average molecular weight is 296 g/mol. The number of imide groups is 1. The van der Waals surface area contributed by atoms with E-state index in [1.165, 1.54) is 0 Å². The van der Waals surface area contributed by atoms with Gasteiger partial charge in [-0.3, -0.25) is 14.9 Å². The molecule has 0 unspecified atom stereocenters. The van der Waals surface area contributed by atoms with Crippen LogP contribution in [0.25, 0.3) is 0 Å². The predicted octanol–water partition coefficient (Wildman–Crippen LogP) is 1.63. The largest absolute Gasteiger partial charge is 0.508 e. The summed E-state index contributed by atoms with van der Waals surface area (Å²) in [4.78, 5) is 22.6. The van der Waals surface area contributed by atoms with Gasteiger partial charge in [0.2, 0.25) is 0 Å². The van der Waals surface area contributed by atoms with E-state index in [-0.39, 0.29) is 17.6 Å². The monoisotopic (exact) mass is 295 g/mol. The van der Waals surface area contributed by atoms with E-state index in [9.17, 15) is 9.59 Å². The molecule has 0 fully saturated rings. The van der Waals surface area contributed by atoms with Gasteiger partial charge in [0, 0.05) is 5.57 Å². The van der Waals surface area contributed by atoms with Gasteiger partial charge in [-0.2, -0.15) is 0 Å². The van der Waals surface area contributed by atoms with Crippen molar-refractivity contribution in [2.45, 2.75) is 12.8 Å². The van der Waals surface area contributed by atoms with Crippen LogP contribution in [0.15, 0.2) is 34.3 Å². The number of carbonyl (C=O) groups is 2. The lowest BCUT2D eigenvalue weighted by molar-refractivity contribution is -0.124. The van der Waals surface area contributed by atoms with Crippen molar-refractivity contribution < 1.29 is 14.7 Å². The molecule has 2 amide bonds. The van der Waals surface area contributed by atoms with Crippen LogP contribution in [0.3, 0.4) is 0 Å². The Morgan fingerprint density at radius 3 is 2.24 bits per heavy atom. The van der Waals surface area contributed by atoms with Gasteiger partial charge in [0.05, 0.1) is 4.48 Å². The fraction of sp³-hybridized carbons (Fsp3) is 0.167. The molecule has 0 saturated heterocycles. The molecule has 0 saturated carbocycles. The topological polar surface area (TPSA) is 66.4 Å². The first kappa shape index (κ1) is 11.9. The maximum absolute atomic E-state index is 11.4. The third-order valence-corrected chi connectivity index (χ3v) is 3.40. The second kappa shape index (κ2) is 4.71. The van der Waals surface area contributed by atoms with Crippen molar-refractivity contribution in [3.05, 3.63) is 39.9 Å². The Kier molecular flexibility index (Phi) is 3.28. The molecule has 1 aliphatic rings.